The summed E-state index contributed by atoms with van der Waals surface area (Å²) in [5, 5.41) is 25.8. The third-order valence-corrected chi connectivity index (χ3v) is 6.73. The minimum atomic E-state index is -1.10. The number of fused-ring (bicyclic) bond motifs is 3. The quantitative estimate of drug-likeness (QED) is 0.303. The maximum Gasteiger partial charge on any atom is 0.272 e. The number of aliphatic carboxylic acids is 1. The summed E-state index contributed by atoms with van der Waals surface area (Å²) in [4.78, 5) is 26.0. The first-order valence-corrected chi connectivity index (χ1v) is 11.6. The number of aryl methyl sites for hydroxylation is 1. The third-order valence-electron chi connectivity index (χ3n) is 6.73. The molecule has 1 aliphatic heterocycles. The normalized spacial score (nSPS) is 16.9. The minimum Gasteiger partial charge on any atom is -0.544 e. The second-order valence-electron chi connectivity index (χ2n) is 8.93. The van der Waals surface area contributed by atoms with Crippen LogP contribution in [0.1, 0.15) is 34.0 Å². The van der Waals surface area contributed by atoms with Gasteiger partial charge in [0, 0.05) is 40.1 Å². The zero-order valence-corrected chi connectivity index (χ0v) is 19.8. The van der Waals surface area contributed by atoms with E-state index < -0.39 is 16.9 Å². The number of nitrogens with zero attached hydrogens (tertiary/aromatic N) is 1. The molecular formula is C27H25N3O6. The Morgan fingerprint density at radius 2 is 1.97 bits per heavy atom. The molecular weight excluding hydrogens is 462 g/mol. The Morgan fingerprint density at radius 1 is 1.17 bits per heavy atom. The van der Waals surface area contributed by atoms with Crippen LogP contribution in [0.2, 0.25) is 0 Å². The van der Waals surface area contributed by atoms with Crippen LogP contribution in [0.4, 0.5) is 5.69 Å². The molecule has 0 aliphatic carbocycles. The molecule has 1 aromatic heterocycles. The molecule has 2 atom stereocenters. The van der Waals surface area contributed by atoms with Gasteiger partial charge in [-0.3, -0.25) is 10.1 Å². The zero-order valence-electron chi connectivity index (χ0n) is 19.8. The number of nitro benzene ring substituents is 1. The number of nitrogens with two attached hydrogens (primary N) is 1. The molecule has 5 rings (SSSR count). The number of H-pyrrole nitrogens is 1. The van der Waals surface area contributed by atoms with E-state index >= 15 is 0 Å². The Bertz CT molecular complexity index is 1480. The van der Waals surface area contributed by atoms with E-state index in [9.17, 15) is 20.0 Å². The topological polar surface area (TPSA) is 134 Å². The fourth-order valence-electron chi connectivity index (χ4n) is 4.95. The number of hydrogen-bond donors (Lipinski definition) is 2. The number of carbonyl (C=O) groups is 1. The van der Waals surface area contributed by atoms with Crippen LogP contribution in [0, 0.1) is 17.0 Å². The van der Waals surface area contributed by atoms with Gasteiger partial charge in [0.25, 0.3) is 5.69 Å². The highest BCUT2D eigenvalue weighted by Crippen LogP contribution is 2.34. The molecule has 0 fully saturated rings. The highest BCUT2D eigenvalue weighted by atomic mass is 16.6. The molecule has 3 aromatic carbocycles. The van der Waals surface area contributed by atoms with Crippen LogP contribution in [0.15, 0.2) is 60.7 Å². The van der Waals surface area contributed by atoms with Crippen LogP contribution in [0.3, 0.4) is 0 Å². The van der Waals surface area contributed by atoms with E-state index in [0.717, 1.165) is 33.3 Å². The van der Waals surface area contributed by atoms with E-state index in [0.29, 0.717) is 23.5 Å². The van der Waals surface area contributed by atoms with E-state index in [1.54, 1.807) is 26.2 Å². The monoisotopic (exact) mass is 487 g/mol. The molecule has 3 N–H and O–H groups in total. The van der Waals surface area contributed by atoms with Crippen LogP contribution < -0.4 is 19.9 Å². The first kappa shape index (κ1) is 23.4. The van der Waals surface area contributed by atoms with Crippen molar-refractivity contribution < 1.29 is 29.6 Å². The van der Waals surface area contributed by atoms with Gasteiger partial charge in [0.05, 0.1) is 23.7 Å². The van der Waals surface area contributed by atoms with Gasteiger partial charge in [-0.2, -0.15) is 0 Å². The highest BCUT2D eigenvalue weighted by Gasteiger charge is 2.35. The molecule has 184 valence electrons. The summed E-state index contributed by atoms with van der Waals surface area (Å²) >= 11 is 0. The SMILES string of the molecule is COc1ccc(C2[NH2+]C(C(=O)[O-])Cc3c2[nH]c2ccccc32)cc1COc1ccc([N+](=O)[O-])c(C)c1. The van der Waals surface area contributed by atoms with E-state index in [-0.39, 0.29) is 18.3 Å². The number of ether oxygens (including phenoxy) is 2. The lowest BCUT2D eigenvalue weighted by Crippen LogP contribution is -2.95. The summed E-state index contributed by atoms with van der Waals surface area (Å²) < 4.78 is 11.5. The van der Waals surface area contributed by atoms with Gasteiger partial charge in [-0.25, -0.2) is 0 Å². The second kappa shape index (κ2) is 9.35. The fraction of sp³-hybridized carbons (Fsp3) is 0.222. The molecule has 2 unspecified atom stereocenters. The standard InChI is InChI=1S/C27H25N3O6/c1-15-11-18(8-9-23(15)30(33)34)36-14-17-12-16(7-10-24(17)35-2)25-26-20(13-22(29-25)27(31)32)19-5-3-4-6-21(19)28-26/h3-12,22,25,28-29H,13-14H2,1-2H3,(H,31,32). The maximum absolute atomic E-state index is 11.9. The fourth-order valence-corrected chi connectivity index (χ4v) is 4.95. The number of methoxy groups -OCH3 is 1. The van der Waals surface area contributed by atoms with E-state index in [1.165, 1.54) is 6.07 Å². The number of carboxylic acid groups (broad SMARTS) is 1. The molecule has 0 saturated carbocycles. The van der Waals surface area contributed by atoms with E-state index in [2.05, 4.69) is 4.98 Å². The molecule has 9 nitrogen and oxygen atoms in total. The average molecular weight is 488 g/mol. The largest absolute Gasteiger partial charge is 0.544 e. The summed E-state index contributed by atoms with van der Waals surface area (Å²) in [6.45, 7) is 1.83. The molecule has 0 bridgehead atoms. The Kier molecular flexibility index (Phi) is 6.07. The van der Waals surface area contributed by atoms with Crippen LogP contribution in [0.25, 0.3) is 10.9 Å². The lowest BCUT2D eigenvalue weighted by Gasteiger charge is -2.29. The number of nitro groups is 1. The number of quaternary nitrogens is 1. The van der Waals surface area contributed by atoms with Gasteiger partial charge in [0.1, 0.15) is 24.1 Å². The average Bonchev–Trinajstić information content (AvgIpc) is 3.25. The van der Waals surface area contributed by atoms with Crippen LogP contribution in [-0.4, -0.2) is 29.0 Å². The van der Waals surface area contributed by atoms with Gasteiger partial charge in [-0.05, 0) is 48.9 Å². The molecule has 2 heterocycles. The van der Waals surface area contributed by atoms with E-state index in [4.69, 9.17) is 9.47 Å². The molecule has 4 aromatic rings. The predicted octanol–water partition coefficient (Wildman–Crippen LogP) is 2.30. The Morgan fingerprint density at radius 3 is 2.69 bits per heavy atom. The molecule has 9 heteroatoms. The first-order valence-electron chi connectivity index (χ1n) is 11.6. The van der Waals surface area contributed by atoms with Crippen LogP contribution in [0.5, 0.6) is 11.5 Å². The highest BCUT2D eigenvalue weighted by molar-refractivity contribution is 5.86. The number of carbonyl (C=O) groups excluding carboxylic acids is 1. The predicted molar refractivity (Wildman–Crippen MR) is 130 cm³/mol. The summed E-state index contributed by atoms with van der Waals surface area (Å²) in [7, 11) is 1.57. The van der Waals surface area contributed by atoms with Gasteiger partial charge in [0.15, 0.2) is 6.04 Å². The molecule has 0 amide bonds. The number of rotatable bonds is 7. The number of hydrogen-bond acceptors (Lipinski definition) is 6. The Hall–Kier alpha value is -4.37. The van der Waals surface area contributed by atoms with Gasteiger partial charge in [-0.1, -0.05) is 18.2 Å². The second-order valence-corrected chi connectivity index (χ2v) is 8.93. The lowest BCUT2D eigenvalue weighted by molar-refractivity contribution is -0.717. The lowest BCUT2D eigenvalue weighted by atomic mass is 9.89. The zero-order chi connectivity index (χ0) is 25.4. The minimum absolute atomic E-state index is 0.0337. The van der Waals surface area contributed by atoms with Crippen molar-refractivity contribution in [1.29, 1.82) is 0 Å². The number of para-hydroxylation sites is 1. The van der Waals surface area contributed by atoms with Crippen molar-refractivity contribution >= 4 is 22.6 Å². The van der Waals surface area contributed by atoms with E-state index in [1.807, 2.05) is 47.8 Å². The summed E-state index contributed by atoms with van der Waals surface area (Å²) in [6.07, 6.45) is 0.379. The van der Waals surface area contributed by atoms with Crippen molar-refractivity contribution in [1.82, 2.24) is 4.98 Å². The van der Waals surface area contributed by atoms with Crippen molar-refractivity contribution in [3.63, 3.8) is 0 Å². The first-order chi connectivity index (χ1) is 17.4. The van der Waals surface area contributed by atoms with Crippen molar-refractivity contribution in [2.24, 2.45) is 0 Å². The summed E-state index contributed by atoms with van der Waals surface area (Å²) in [5.74, 6) is 0.0350. The molecule has 0 saturated heterocycles. The number of aromatic nitrogens is 1. The molecule has 1 aliphatic rings. The van der Waals surface area contributed by atoms with Gasteiger partial charge < -0.3 is 29.7 Å². The summed E-state index contributed by atoms with van der Waals surface area (Å²) in [6, 6.07) is 17.2. The van der Waals surface area contributed by atoms with Crippen molar-refractivity contribution in [3.05, 3.63) is 98.7 Å². The summed E-state index contributed by atoms with van der Waals surface area (Å²) in [5.41, 5.74) is 5.13. The van der Waals surface area contributed by atoms with Gasteiger partial charge >= 0.3 is 0 Å². The van der Waals surface area contributed by atoms with Crippen molar-refractivity contribution in [2.45, 2.75) is 32.0 Å². The Balaban J connectivity index is 1.49. The molecule has 0 spiro atoms. The number of nitrogens with one attached hydrogen (secondary N) is 1. The van der Waals surface area contributed by atoms with Gasteiger partial charge in [0.2, 0.25) is 0 Å². The number of benzene rings is 3. The van der Waals surface area contributed by atoms with Crippen LogP contribution >= 0.6 is 0 Å². The number of carboxylic acids is 1. The smallest absolute Gasteiger partial charge is 0.272 e. The van der Waals surface area contributed by atoms with Gasteiger partial charge in [-0.15, -0.1) is 0 Å². The Labute approximate surface area is 206 Å². The maximum atomic E-state index is 11.9. The van der Waals surface area contributed by atoms with Crippen molar-refractivity contribution in [2.75, 3.05) is 7.11 Å². The van der Waals surface area contributed by atoms with Crippen LogP contribution in [-0.2, 0) is 17.8 Å². The third kappa shape index (κ3) is 4.25. The number of aromatic amines is 1. The van der Waals surface area contributed by atoms with Crippen molar-refractivity contribution in [3.8, 4) is 11.5 Å². The molecule has 0 radical (unpaired) electrons. The molecule has 36 heavy (non-hydrogen) atoms.